The Kier molecular flexibility index (Phi) is 37.8. The van der Waals surface area contributed by atoms with Crippen molar-refractivity contribution < 1.29 is 71.0 Å². The van der Waals surface area contributed by atoms with Gasteiger partial charge in [-0.1, -0.05) is 57.8 Å². The number of carbonyl (C=O) groups is 1. The lowest BCUT2D eigenvalue weighted by molar-refractivity contribution is -0.149. The van der Waals surface area contributed by atoms with E-state index >= 15 is 4.39 Å². The Labute approximate surface area is 564 Å². The normalized spacial score (nSPS) is 27.5. The maximum Gasteiger partial charge on any atom is 0.459 e. The molecule has 0 aliphatic carbocycles. The molecule has 8 N–H and O–H groups in total. The third kappa shape index (κ3) is 22.9. The number of aromatic amines is 3. The smallest absolute Gasteiger partial charge is 0.459 e. The number of hydrogen-bond donors (Lipinski definition) is 8. The molecule has 0 radical (unpaired) electrons. The average Bonchev–Trinajstić information content (AvgIpc) is 1.64. The summed E-state index contributed by atoms with van der Waals surface area (Å²) in [6.07, 6.45) is -8.76. The van der Waals surface area contributed by atoms with Crippen LogP contribution in [-0.4, -0.2) is 134 Å². The fourth-order valence-corrected chi connectivity index (χ4v) is 194. The summed E-state index contributed by atoms with van der Waals surface area (Å²) in [5.41, 5.74) is -9.45. The van der Waals surface area contributed by atoms with E-state index in [1.807, 2.05) is 15.0 Å². The number of aliphatic hydroxyl groups is 4. The number of rotatable bonds is 24. The summed E-state index contributed by atoms with van der Waals surface area (Å²) in [6.45, 7) is 16.2. The maximum atomic E-state index is 15.1. The van der Waals surface area contributed by atoms with Gasteiger partial charge in [-0.15, -0.1) is 91.2 Å². The molecular weight excluding hydrogens is 1570 g/mol. The minimum absolute atomic E-state index is 0. The number of aromatic nitrogens is 6. The van der Waals surface area contributed by atoms with Gasteiger partial charge in [-0.25, -0.2) is 32.1 Å². The van der Waals surface area contributed by atoms with Crippen LogP contribution in [-0.2, 0) is 32.8 Å². The van der Waals surface area contributed by atoms with Gasteiger partial charge in [0.25, 0.3) is 16.7 Å². The number of aliphatic hydroxyl groups excluding tert-OH is 4. The molecule has 1 aromatic carbocycles. The van der Waals surface area contributed by atoms with E-state index < -0.39 is 145 Å². The molecule has 3 aliphatic rings. The molecule has 6 heterocycles. The number of H-pyrrole nitrogens is 3. The first-order valence-corrected chi connectivity index (χ1v) is 57.8. The van der Waals surface area contributed by atoms with Crippen molar-refractivity contribution in [2.24, 2.45) is 0 Å². The summed E-state index contributed by atoms with van der Waals surface area (Å²) >= 11 is 0. The van der Waals surface area contributed by atoms with E-state index in [2.05, 4.69) is 105 Å². The second-order valence-corrected chi connectivity index (χ2v) is 84.8. The minimum atomic E-state index is -4.39. The van der Waals surface area contributed by atoms with Crippen LogP contribution in [0.1, 0.15) is 60.2 Å². The van der Waals surface area contributed by atoms with E-state index in [1.165, 1.54) is 25.1 Å². The van der Waals surface area contributed by atoms with Crippen LogP contribution in [0.5, 0.6) is 5.75 Å². The van der Waals surface area contributed by atoms with Crippen LogP contribution < -0.4 is 43.4 Å². The van der Waals surface area contributed by atoms with Gasteiger partial charge in [0.05, 0.1) is 19.3 Å². The standard InChI is InChI=1S/C23H29FN3O9P.C12H15FN2O4.C11H13FN2O5.CH4.H18P17/c1-5-23(19(29)18(24)20(35-23)27-12-11-17(28)25-22(27)31)13-33-37(32,36-16-9-7-6-8-10-16)26-15(4)21(30)34-14(2)3;1-3-12(4-2)9(17)8(13)10(19-12)15-6-5-7(16)14-11(15)18;1-2-11(5-15)8(17)7(12)9(19-11)14-4-3-6(16)13-10(14)18;;1-10-15(11(2)3)17(14(8)9)16(12(4)5)13(6)7/h5-12,14-15,18-20,29H,1,13H2,2-4H3,(H,26,32)(H,25,28,31);3,5-6,8-10,17H,1,4H2,2H3,(H,14,16,18);2-4,7-9,15,17H,1,5H2,(H,13,16,18);1H4;1-9H2/q;;;;-1/t15-,18+,19-,20+,23+,37?;8-,9+,10-,12-;7-,8+,9-,11-;;/m011../s1. The molecule has 3 aliphatic heterocycles. The van der Waals surface area contributed by atoms with E-state index in [0.717, 1.165) is 62.6 Å². The molecule has 0 bridgehead atoms. The molecule has 3 aromatic heterocycles. The molecule has 0 spiro atoms. The molecule has 7 rings (SSSR count). The Hall–Kier alpha value is 0.720. The van der Waals surface area contributed by atoms with Gasteiger partial charge in [0.15, 0.2) is 37.2 Å². The zero-order chi connectivity index (χ0) is 69.5. The minimum Gasteiger partial charge on any atom is -0.471 e. The molecule has 93 heavy (non-hydrogen) atoms. The number of esters is 1. The molecule has 3 fully saturated rings. The number of hydrogen-bond acceptors (Lipinski definition) is 18. The van der Waals surface area contributed by atoms with Crippen LogP contribution in [0.4, 0.5) is 13.2 Å². The summed E-state index contributed by atoms with van der Waals surface area (Å²) in [5.74, 6) is -0.600. The van der Waals surface area contributed by atoms with E-state index in [0.29, 0.717) is 6.42 Å². The SMILES string of the molecule is C.C=C[C@]1(CC)O[C@@H](n2ccc(=O)[nH]c2=O)[C@H](F)[C@@H]1O.C=C[C@]1(CO)O[C@@H](n2ccc(=O)[nH]c2=O)[C@H](F)[C@@H]1O.C=C[C@]1(COP(=O)(N[C@@H](C)C(=O)OC(C)C)Oc2ccccc2)O[C@@H](n2ccc(=O)[nH]c2=O)[C@H](F)[C@@H]1O.P[P-]P(P(P)P)P(P(P)P)P(P(P)P)P(P)P. The Morgan fingerprint density at radius 1 is 0.677 bits per heavy atom. The number of halogens is 3. The number of carbonyl (C=O) groups excluding carboxylic acids is 1. The van der Waals surface area contributed by atoms with Gasteiger partial charge in [0.1, 0.15) is 46.9 Å². The Morgan fingerprint density at radius 2 is 1.05 bits per heavy atom. The van der Waals surface area contributed by atoms with Crippen LogP contribution in [0, 0.1) is 0 Å². The quantitative estimate of drug-likeness (QED) is 0.0183. The van der Waals surface area contributed by atoms with Crippen molar-refractivity contribution in [3.8, 4) is 5.75 Å². The van der Waals surface area contributed by atoms with E-state index in [1.54, 1.807) is 46.9 Å². The molecule has 3 saturated heterocycles. The summed E-state index contributed by atoms with van der Waals surface area (Å²) < 4.78 is 92.0. The Balaban J connectivity index is 0.000000344. The van der Waals surface area contributed by atoms with Crippen molar-refractivity contribution >= 4 is 151 Å². The van der Waals surface area contributed by atoms with Crippen molar-refractivity contribution in [1.82, 2.24) is 33.7 Å². The molecule has 12 unspecified atom stereocenters. The lowest BCUT2D eigenvalue weighted by Crippen LogP contribution is -2.45. The van der Waals surface area contributed by atoms with Gasteiger partial charge >= 0.3 is 30.8 Å². The van der Waals surface area contributed by atoms with Crippen LogP contribution in [0.3, 0.4) is 0 Å². The topological polar surface area (TPSA) is 347 Å². The lowest BCUT2D eigenvalue weighted by Gasteiger charge is -2.48. The summed E-state index contributed by atoms with van der Waals surface area (Å²) in [4.78, 5) is 86.9. The number of nitrogens with one attached hydrogen (secondary N) is 4. The third-order valence-electron chi connectivity index (χ3n) is 13.2. The summed E-state index contributed by atoms with van der Waals surface area (Å²) in [7, 11) is 25.0. The predicted octanol–water partition coefficient (Wildman–Crippen LogP) is 11.1. The van der Waals surface area contributed by atoms with Crippen molar-refractivity contribution in [3.05, 3.63) is 168 Å². The summed E-state index contributed by atoms with van der Waals surface area (Å²) in [6, 6.07) is 9.87. The molecule has 4 aromatic rings. The van der Waals surface area contributed by atoms with E-state index in [4.69, 9.17) is 28.0 Å². The number of alkyl halides is 3. The highest BCUT2D eigenvalue weighted by atomic mass is 33.4. The molecule has 46 heteroatoms. The van der Waals surface area contributed by atoms with Crippen LogP contribution >= 0.6 is 145 Å². The van der Waals surface area contributed by atoms with Crippen LogP contribution in [0.15, 0.2) is 134 Å². The zero-order valence-corrected chi connectivity index (χ0v) is 67.8. The van der Waals surface area contributed by atoms with E-state index in [9.17, 15) is 67.3 Å². The maximum absolute atomic E-state index is 15.1. The average molecular weight is 1640 g/mol. The molecule has 0 saturated carbocycles. The first kappa shape index (κ1) is 87.9. The third-order valence-corrected chi connectivity index (χ3v) is 115. The van der Waals surface area contributed by atoms with Crippen molar-refractivity contribution in [2.45, 2.75) is 126 Å². The van der Waals surface area contributed by atoms with Crippen molar-refractivity contribution in [2.75, 3.05) is 13.2 Å². The highest BCUT2D eigenvalue weighted by Crippen LogP contribution is 3.25. The molecule has 0 amide bonds. The van der Waals surface area contributed by atoms with Gasteiger partial charge in [-0.2, -0.15) is 12.1 Å². The van der Waals surface area contributed by atoms with Gasteiger partial charge in [0, 0.05) is 36.8 Å². The highest BCUT2D eigenvalue weighted by molar-refractivity contribution is 9.31. The Morgan fingerprint density at radius 3 is 1.37 bits per heavy atom. The molecule has 522 valence electrons. The number of nitrogens with zero attached hydrogens (tertiary/aromatic N) is 3. The van der Waals surface area contributed by atoms with Gasteiger partial charge in [-0.3, -0.25) is 61.3 Å². The zero-order valence-electron chi connectivity index (χ0n) is 49.4. The first-order chi connectivity index (χ1) is 43.0. The fraction of sp³-hybridized carbons (Fsp3) is 0.468. The van der Waals surface area contributed by atoms with Crippen LogP contribution in [0.25, 0.3) is 0 Å². The van der Waals surface area contributed by atoms with Crippen molar-refractivity contribution in [3.63, 3.8) is 0 Å². The second kappa shape index (κ2) is 40.0. The Bertz CT molecular complexity index is 3420. The number of benzene rings is 1. The summed E-state index contributed by atoms with van der Waals surface area (Å²) in [5, 5.41) is 42.1. The van der Waals surface area contributed by atoms with Gasteiger partial charge in [-0.05, 0) is 74.3 Å². The predicted molar refractivity (Wildman–Crippen MR) is 407 cm³/mol. The van der Waals surface area contributed by atoms with Crippen LogP contribution in [0.2, 0.25) is 0 Å². The van der Waals surface area contributed by atoms with Gasteiger partial charge in [0.2, 0.25) is 0 Å². The van der Waals surface area contributed by atoms with Crippen molar-refractivity contribution in [1.29, 1.82) is 0 Å². The molecule has 25 nitrogen and oxygen atoms in total. The number of para-hydroxylation sites is 1. The van der Waals surface area contributed by atoms with E-state index in [-0.39, 0.29) is 62.1 Å². The largest absolute Gasteiger partial charge is 0.471 e. The molecule has 25 atom stereocenters. The first-order valence-electron chi connectivity index (χ1n) is 26.5. The highest BCUT2D eigenvalue weighted by Gasteiger charge is 2.57. The fourth-order valence-electron chi connectivity index (χ4n) is 8.46. The monoisotopic (exact) mass is 1640 g/mol. The second-order valence-electron chi connectivity index (χ2n) is 19.7. The molecular formula is C47H79F3N7O18P18-. The van der Waals surface area contributed by atoms with Gasteiger partial charge < -0.3 is 51.9 Å². The lowest BCUT2D eigenvalue weighted by atomic mass is 9.93. The number of ether oxygens (including phenoxy) is 4.